The van der Waals surface area contributed by atoms with Crippen molar-refractivity contribution in [1.82, 2.24) is 15.0 Å². The van der Waals surface area contributed by atoms with Crippen LogP contribution in [0.3, 0.4) is 0 Å². The van der Waals surface area contributed by atoms with Crippen LogP contribution in [0.2, 0.25) is 0 Å². The molecule has 0 aliphatic rings. The normalized spacial score (nSPS) is 10.9. The number of pyridine rings is 3. The van der Waals surface area contributed by atoms with Crippen molar-refractivity contribution in [3.8, 4) is 78.4 Å². The molecule has 7 aromatic carbocycles. The number of hydrogen-bond acceptors (Lipinski definition) is 3. The summed E-state index contributed by atoms with van der Waals surface area (Å²) in [6.45, 7) is 0. The molecule has 0 atom stereocenters. The summed E-state index contributed by atoms with van der Waals surface area (Å²) in [6, 6.07) is 83.1. The van der Waals surface area contributed by atoms with Crippen LogP contribution in [-0.4, -0.2) is 15.0 Å². The van der Waals surface area contributed by atoms with Crippen LogP contribution in [0.1, 0.15) is 22.3 Å². The Labute approximate surface area is 396 Å². The molecule has 3 heterocycles. The zero-order valence-electron chi connectivity index (χ0n) is 35.8. The molecular formula is C61H44IrN3. The van der Waals surface area contributed by atoms with Gasteiger partial charge in [0.15, 0.2) is 0 Å². The fraction of sp³-hybridized carbons (Fsp3) is 0.0656. The topological polar surface area (TPSA) is 38.7 Å². The van der Waals surface area contributed by atoms with Crippen molar-refractivity contribution in [1.29, 1.82) is 0 Å². The Balaban J connectivity index is 0.00000533. The molecule has 0 unspecified atom stereocenters. The molecule has 0 bridgehead atoms. The molecule has 0 aliphatic heterocycles. The van der Waals surface area contributed by atoms with E-state index < -0.39 is 0 Å². The molecular weight excluding hydrogens is 967 g/mol. The Morgan fingerprint density at radius 1 is 0.308 bits per heavy atom. The first-order chi connectivity index (χ1) is 31.7. The number of nitrogens with zero attached hydrogens (tertiary/aromatic N) is 3. The first-order valence-corrected chi connectivity index (χ1v) is 21.9. The molecule has 0 spiro atoms. The van der Waals surface area contributed by atoms with Gasteiger partial charge in [-0.1, -0.05) is 157 Å². The maximum atomic E-state index is 5.08. The van der Waals surface area contributed by atoms with Gasteiger partial charge in [0, 0.05) is 12.4 Å². The zero-order chi connectivity index (χ0) is 42.9. The molecule has 0 N–H and O–H groups in total. The van der Waals surface area contributed by atoms with Crippen molar-refractivity contribution in [2.45, 2.75) is 25.7 Å². The third-order valence-electron chi connectivity index (χ3n) is 11.8. The third kappa shape index (κ3) is 10.4. The summed E-state index contributed by atoms with van der Waals surface area (Å²) in [7, 11) is 0. The summed E-state index contributed by atoms with van der Waals surface area (Å²) < 4.78 is 0. The minimum atomic E-state index is 0. The summed E-state index contributed by atoms with van der Waals surface area (Å²) in [5, 5.41) is 0. The smallest absolute Gasteiger partial charge is 0.305 e. The van der Waals surface area contributed by atoms with Gasteiger partial charge in [-0.05, 0) is 87.1 Å². The summed E-state index contributed by atoms with van der Waals surface area (Å²) in [6.07, 6.45) is 7.31. The van der Waals surface area contributed by atoms with E-state index in [0.29, 0.717) is 0 Å². The largest absolute Gasteiger partial charge is 3.00 e. The van der Waals surface area contributed by atoms with Crippen LogP contribution in [0.25, 0.3) is 78.4 Å². The summed E-state index contributed by atoms with van der Waals surface area (Å²) in [5.41, 5.74) is 20.0. The summed E-state index contributed by atoms with van der Waals surface area (Å²) >= 11 is 0. The first-order valence-electron chi connectivity index (χ1n) is 21.9. The zero-order valence-corrected chi connectivity index (χ0v) is 38.2. The number of benzene rings is 7. The van der Waals surface area contributed by atoms with Crippen LogP contribution in [0.5, 0.6) is 0 Å². The molecule has 65 heavy (non-hydrogen) atoms. The Morgan fingerprint density at radius 2 is 0.769 bits per heavy atom. The molecule has 0 aliphatic carbocycles. The van der Waals surface area contributed by atoms with Gasteiger partial charge >= 0.3 is 20.1 Å². The van der Waals surface area contributed by atoms with E-state index in [9.17, 15) is 0 Å². The predicted octanol–water partition coefficient (Wildman–Crippen LogP) is 14.5. The SMILES string of the molecule is [Ir+3].[c-]1cc(CCc2cc(CCc3c[c-]c(-c4ccccn4)cc3)cc(-c3ccccc3-c3c[c-]c(-c4cccc(-c5ccc(-c6ccccc6)cc5)n4)cc3)c2)ccc1-c1ccccn1. The second-order valence-corrected chi connectivity index (χ2v) is 16.1. The van der Waals surface area contributed by atoms with Crippen LogP contribution >= 0.6 is 0 Å². The third-order valence-corrected chi connectivity index (χ3v) is 11.8. The monoisotopic (exact) mass is 1010 g/mol. The van der Waals surface area contributed by atoms with Crippen LogP contribution in [-0.2, 0) is 45.8 Å². The van der Waals surface area contributed by atoms with Gasteiger partial charge in [-0.3, -0.25) is 4.98 Å². The van der Waals surface area contributed by atoms with Crippen LogP contribution in [0.15, 0.2) is 219 Å². The Hall–Kier alpha value is -7.36. The van der Waals surface area contributed by atoms with E-state index in [1.54, 1.807) is 0 Å². The standard InChI is InChI=1S/C61H44N3.Ir/c1-2-11-48(12-3-1)49-31-35-53(36-32-49)60-17-10-18-61(64-60)54-37-33-50(34-38-54)56-13-4-5-14-57(56)55-42-46(21-19-44-23-27-51(28-24-44)58-15-6-8-39-62-58)41-47(43-55)22-20-45-25-29-52(30-26-45)59-16-7-9-40-63-59;/h1-18,23-27,29,31-37,39-43H,19-22H2;/q-3;+3. The van der Waals surface area contributed by atoms with Crippen molar-refractivity contribution in [2.24, 2.45) is 0 Å². The van der Waals surface area contributed by atoms with Gasteiger partial charge in [0.1, 0.15) is 0 Å². The molecule has 0 saturated carbocycles. The van der Waals surface area contributed by atoms with Crippen molar-refractivity contribution in [2.75, 3.05) is 0 Å². The predicted molar refractivity (Wildman–Crippen MR) is 262 cm³/mol. The molecule has 0 amide bonds. The quantitative estimate of drug-likeness (QED) is 0.108. The van der Waals surface area contributed by atoms with E-state index in [0.717, 1.165) is 76.3 Å². The van der Waals surface area contributed by atoms with Gasteiger partial charge in [-0.15, -0.1) is 101 Å². The van der Waals surface area contributed by atoms with Gasteiger partial charge in [-0.25, -0.2) is 0 Å². The molecule has 3 nitrogen and oxygen atoms in total. The van der Waals surface area contributed by atoms with Crippen molar-refractivity contribution in [3.63, 3.8) is 0 Å². The molecule has 0 saturated heterocycles. The Bertz CT molecular complexity index is 2990. The minimum Gasteiger partial charge on any atom is -0.305 e. The van der Waals surface area contributed by atoms with E-state index in [1.165, 1.54) is 50.1 Å². The maximum Gasteiger partial charge on any atom is 3.00 e. The molecule has 0 fully saturated rings. The molecule has 3 aromatic heterocycles. The van der Waals surface area contributed by atoms with Crippen molar-refractivity contribution in [3.05, 3.63) is 259 Å². The van der Waals surface area contributed by atoms with Crippen LogP contribution in [0.4, 0.5) is 0 Å². The number of rotatable bonds is 13. The fourth-order valence-corrected chi connectivity index (χ4v) is 8.32. The van der Waals surface area contributed by atoms with Crippen LogP contribution in [0, 0.1) is 18.2 Å². The number of hydrogen-bond donors (Lipinski definition) is 0. The summed E-state index contributed by atoms with van der Waals surface area (Å²) in [4.78, 5) is 14.1. The van der Waals surface area contributed by atoms with Crippen molar-refractivity contribution < 1.29 is 20.1 Å². The Kier molecular flexibility index (Phi) is 13.5. The van der Waals surface area contributed by atoms with Crippen LogP contribution < -0.4 is 0 Å². The Morgan fingerprint density at radius 3 is 1.32 bits per heavy atom. The molecule has 312 valence electrons. The number of aryl methyl sites for hydroxylation is 4. The van der Waals surface area contributed by atoms with Gasteiger partial charge < -0.3 is 9.97 Å². The average Bonchev–Trinajstić information content (AvgIpc) is 3.38. The van der Waals surface area contributed by atoms with E-state index in [2.05, 4.69) is 192 Å². The van der Waals surface area contributed by atoms with Gasteiger partial charge in [0.2, 0.25) is 0 Å². The second kappa shape index (κ2) is 20.4. The minimum absolute atomic E-state index is 0. The average molecular weight is 1010 g/mol. The van der Waals surface area contributed by atoms with E-state index >= 15 is 0 Å². The molecule has 0 radical (unpaired) electrons. The van der Waals surface area contributed by atoms with Gasteiger partial charge in [0.05, 0.1) is 5.69 Å². The van der Waals surface area contributed by atoms with E-state index in [4.69, 9.17) is 4.98 Å². The second-order valence-electron chi connectivity index (χ2n) is 16.1. The first kappa shape index (κ1) is 42.9. The van der Waals surface area contributed by atoms with Gasteiger partial charge in [0.25, 0.3) is 0 Å². The van der Waals surface area contributed by atoms with E-state index in [-0.39, 0.29) is 20.1 Å². The molecule has 10 aromatic rings. The fourth-order valence-electron chi connectivity index (χ4n) is 8.32. The maximum absolute atomic E-state index is 5.08. The molecule has 10 rings (SSSR count). The van der Waals surface area contributed by atoms with Gasteiger partial charge in [-0.2, -0.15) is 0 Å². The summed E-state index contributed by atoms with van der Waals surface area (Å²) in [5.74, 6) is 0. The van der Waals surface area contributed by atoms with Crippen molar-refractivity contribution >= 4 is 0 Å². The van der Waals surface area contributed by atoms with E-state index in [1.807, 2.05) is 54.9 Å². The molecule has 4 heteroatoms. The number of aromatic nitrogens is 3.